The summed E-state index contributed by atoms with van der Waals surface area (Å²) in [5.74, 6) is 0.240. The normalized spacial score (nSPS) is 13.0. The summed E-state index contributed by atoms with van der Waals surface area (Å²) >= 11 is 0. The van der Waals surface area contributed by atoms with Crippen molar-refractivity contribution in [2.75, 3.05) is 13.2 Å². The third-order valence-electron chi connectivity index (χ3n) is 2.49. The van der Waals surface area contributed by atoms with Gasteiger partial charge in [0.05, 0.1) is 13.2 Å². The highest BCUT2D eigenvalue weighted by Crippen LogP contribution is 2.08. The third kappa shape index (κ3) is 5.80. The van der Waals surface area contributed by atoms with Gasteiger partial charge in [0.2, 0.25) is 0 Å². The average molecular weight is 239 g/mol. The Morgan fingerprint density at radius 1 is 1.24 bits per heavy atom. The topological polar surface area (TPSA) is 21.3 Å². The fourth-order valence-electron chi connectivity index (χ4n) is 1.48. The van der Waals surface area contributed by atoms with Gasteiger partial charge in [-0.25, -0.2) is 4.39 Å². The van der Waals surface area contributed by atoms with Crippen molar-refractivity contribution in [2.24, 2.45) is 5.92 Å². The maximum absolute atomic E-state index is 13.3. The summed E-state index contributed by atoms with van der Waals surface area (Å²) in [5, 5.41) is 3.35. The zero-order chi connectivity index (χ0) is 12.7. The predicted octanol–water partition coefficient (Wildman–Crippen LogP) is 2.98. The molecule has 2 nitrogen and oxygen atoms in total. The fourth-order valence-corrected chi connectivity index (χ4v) is 1.48. The third-order valence-corrected chi connectivity index (χ3v) is 2.49. The van der Waals surface area contributed by atoms with E-state index in [2.05, 4.69) is 26.1 Å². The molecular formula is C14H22FNO. The van der Waals surface area contributed by atoms with Crippen molar-refractivity contribution in [3.8, 4) is 0 Å². The molecule has 0 aliphatic heterocycles. The van der Waals surface area contributed by atoms with Gasteiger partial charge in [-0.15, -0.1) is 0 Å². The quantitative estimate of drug-likeness (QED) is 0.790. The molecule has 0 heterocycles. The van der Waals surface area contributed by atoms with Crippen LogP contribution in [0.25, 0.3) is 0 Å². The van der Waals surface area contributed by atoms with E-state index in [1.54, 1.807) is 12.1 Å². The van der Waals surface area contributed by atoms with Crippen LogP contribution in [0.5, 0.6) is 0 Å². The first kappa shape index (κ1) is 14.1. The molecule has 0 aromatic heterocycles. The second-order valence-electron chi connectivity index (χ2n) is 4.77. The van der Waals surface area contributed by atoms with E-state index in [1.807, 2.05) is 6.07 Å². The van der Waals surface area contributed by atoms with Crippen LogP contribution in [0.3, 0.4) is 0 Å². The fraction of sp³-hybridized carbons (Fsp3) is 0.571. The first-order valence-electron chi connectivity index (χ1n) is 6.14. The highest BCUT2D eigenvalue weighted by molar-refractivity contribution is 5.16. The van der Waals surface area contributed by atoms with Crippen molar-refractivity contribution in [1.29, 1.82) is 0 Å². The lowest BCUT2D eigenvalue weighted by Gasteiger charge is -2.15. The number of hydrogen-bond acceptors (Lipinski definition) is 2. The molecule has 0 aliphatic rings. The van der Waals surface area contributed by atoms with Crippen molar-refractivity contribution in [2.45, 2.75) is 33.4 Å². The Hall–Kier alpha value is -0.930. The second-order valence-corrected chi connectivity index (χ2v) is 4.77. The van der Waals surface area contributed by atoms with E-state index >= 15 is 0 Å². The lowest BCUT2D eigenvalue weighted by Crippen LogP contribution is -2.29. The standard InChI is InChI=1S/C14H22FNO/c1-11(2)16-8-12(3)9-17-10-13-6-4-5-7-14(13)15/h4-7,11-12,16H,8-10H2,1-3H3. The minimum absolute atomic E-state index is 0.194. The number of benzene rings is 1. The molecule has 1 aromatic carbocycles. The Morgan fingerprint density at radius 3 is 2.59 bits per heavy atom. The molecular weight excluding hydrogens is 217 g/mol. The molecule has 0 saturated heterocycles. The number of nitrogens with one attached hydrogen (secondary N) is 1. The van der Waals surface area contributed by atoms with Gasteiger partial charge in [0.1, 0.15) is 5.82 Å². The Bertz CT molecular complexity index is 328. The molecule has 0 saturated carbocycles. The number of halogens is 1. The summed E-state index contributed by atoms with van der Waals surface area (Å²) in [5.41, 5.74) is 0.622. The van der Waals surface area contributed by atoms with Crippen molar-refractivity contribution in [3.63, 3.8) is 0 Å². The Labute approximate surface area is 103 Å². The van der Waals surface area contributed by atoms with E-state index in [1.165, 1.54) is 6.07 Å². The van der Waals surface area contributed by atoms with Crippen LogP contribution in [0.2, 0.25) is 0 Å². The van der Waals surface area contributed by atoms with E-state index in [9.17, 15) is 4.39 Å². The first-order valence-corrected chi connectivity index (χ1v) is 6.14. The monoisotopic (exact) mass is 239 g/mol. The molecule has 3 heteroatoms. The molecule has 0 amide bonds. The molecule has 1 atom stereocenters. The van der Waals surface area contributed by atoms with Gasteiger partial charge in [-0.05, 0) is 12.0 Å². The van der Waals surface area contributed by atoms with E-state index in [0.29, 0.717) is 30.7 Å². The first-order chi connectivity index (χ1) is 8.09. The molecule has 0 spiro atoms. The van der Waals surface area contributed by atoms with Crippen LogP contribution in [0.15, 0.2) is 24.3 Å². The average Bonchev–Trinajstić information content (AvgIpc) is 2.29. The molecule has 0 aliphatic carbocycles. The van der Waals surface area contributed by atoms with E-state index in [-0.39, 0.29) is 5.82 Å². The molecule has 0 bridgehead atoms. The van der Waals surface area contributed by atoms with Crippen molar-refractivity contribution in [1.82, 2.24) is 5.32 Å². The molecule has 1 unspecified atom stereocenters. The summed E-state index contributed by atoms with van der Waals surface area (Å²) in [6.45, 7) is 8.28. The SMILES string of the molecule is CC(CNC(C)C)COCc1ccccc1F. The molecule has 1 N–H and O–H groups in total. The summed E-state index contributed by atoms with van der Waals surface area (Å²) in [4.78, 5) is 0. The van der Waals surface area contributed by atoms with Crippen LogP contribution in [0.4, 0.5) is 4.39 Å². The molecule has 1 aromatic rings. The van der Waals surface area contributed by atoms with E-state index in [0.717, 1.165) is 6.54 Å². The van der Waals surface area contributed by atoms with E-state index in [4.69, 9.17) is 4.74 Å². The largest absolute Gasteiger partial charge is 0.376 e. The second kappa shape index (κ2) is 7.41. The summed E-state index contributed by atoms with van der Waals surface area (Å²) < 4.78 is 18.8. The summed E-state index contributed by atoms with van der Waals surface area (Å²) in [7, 11) is 0. The zero-order valence-electron chi connectivity index (χ0n) is 10.9. The maximum Gasteiger partial charge on any atom is 0.128 e. The van der Waals surface area contributed by atoms with Crippen LogP contribution < -0.4 is 5.32 Å². The van der Waals surface area contributed by atoms with Crippen LogP contribution in [-0.4, -0.2) is 19.2 Å². The van der Waals surface area contributed by atoms with Gasteiger partial charge in [-0.3, -0.25) is 0 Å². The summed E-state index contributed by atoms with van der Waals surface area (Å²) in [6.07, 6.45) is 0. The van der Waals surface area contributed by atoms with Crippen LogP contribution in [-0.2, 0) is 11.3 Å². The molecule has 17 heavy (non-hydrogen) atoms. The van der Waals surface area contributed by atoms with Crippen molar-refractivity contribution < 1.29 is 9.13 Å². The lowest BCUT2D eigenvalue weighted by atomic mass is 10.2. The molecule has 0 fully saturated rings. The molecule has 96 valence electrons. The summed E-state index contributed by atoms with van der Waals surface area (Å²) in [6, 6.07) is 7.22. The Balaban J connectivity index is 2.21. The Kier molecular flexibility index (Phi) is 6.16. The molecule has 0 radical (unpaired) electrons. The minimum atomic E-state index is -0.194. The van der Waals surface area contributed by atoms with Gasteiger partial charge in [-0.2, -0.15) is 0 Å². The smallest absolute Gasteiger partial charge is 0.128 e. The van der Waals surface area contributed by atoms with Gasteiger partial charge in [0.25, 0.3) is 0 Å². The highest BCUT2D eigenvalue weighted by Gasteiger charge is 2.05. The van der Waals surface area contributed by atoms with Crippen LogP contribution in [0.1, 0.15) is 26.3 Å². The Morgan fingerprint density at radius 2 is 1.94 bits per heavy atom. The number of ether oxygens (including phenoxy) is 1. The lowest BCUT2D eigenvalue weighted by molar-refractivity contribution is 0.0893. The van der Waals surface area contributed by atoms with Crippen LogP contribution in [0, 0.1) is 11.7 Å². The van der Waals surface area contributed by atoms with Gasteiger partial charge >= 0.3 is 0 Å². The van der Waals surface area contributed by atoms with E-state index < -0.39 is 0 Å². The predicted molar refractivity (Wildman–Crippen MR) is 68.4 cm³/mol. The van der Waals surface area contributed by atoms with Crippen LogP contribution >= 0.6 is 0 Å². The number of hydrogen-bond donors (Lipinski definition) is 1. The van der Waals surface area contributed by atoms with Gasteiger partial charge in [0, 0.05) is 18.2 Å². The van der Waals surface area contributed by atoms with Gasteiger partial charge in [-0.1, -0.05) is 39.0 Å². The van der Waals surface area contributed by atoms with Crippen molar-refractivity contribution >= 4 is 0 Å². The number of rotatable bonds is 7. The van der Waals surface area contributed by atoms with Gasteiger partial charge in [0.15, 0.2) is 0 Å². The molecule has 1 rings (SSSR count). The minimum Gasteiger partial charge on any atom is -0.376 e. The van der Waals surface area contributed by atoms with Crippen molar-refractivity contribution in [3.05, 3.63) is 35.6 Å². The maximum atomic E-state index is 13.3. The zero-order valence-corrected chi connectivity index (χ0v) is 10.9. The highest BCUT2D eigenvalue weighted by atomic mass is 19.1. The van der Waals surface area contributed by atoms with Gasteiger partial charge < -0.3 is 10.1 Å².